The highest BCUT2D eigenvalue weighted by molar-refractivity contribution is 7.89. The van der Waals surface area contributed by atoms with Crippen LogP contribution < -0.4 is 5.73 Å². The summed E-state index contributed by atoms with van der Waals surface area (Å²) in [6.07, 6.45) is 0. The molecule has 0 bridgehead atoms. The van der Waals surface area contributed by atoms with Crippen LogP contribution in [-0.4, -0.2) is 18.6 Å². The molecule has 1 amide bonds. The van der Waals surface area contributed by atoms with E-state index in [2.05, 4.69) is 0 Å². The highest BCUT2D eigenvalue weighted by atomic mass is 35.5. The topological polar surface area (TPSA) is 80.5 Å². The largest absolute Gasteiger partial charge is 0.368 e. The van der Waals surface area contributed by atoms with Gasteiger partial charge >= 0.3 is 0 Å². The Kier molecular flexibility index (Phi) is 6.32. The molecule has 2 N–H and O–H groups in total. The predicted molar refractivity (Wildman–Crippen MR) is 109 cm³/mol. The van der Waals surface area contributed by atoms with Crippen molar-refractivity contribution < 1.29 is 17.6 Å². The highest BCUT2D eigenvalue weighted by Crippen LogP contribution is 2.30. The quantitative estimate of drug-likeness (QED) is 0.614. The summed E-state index contributed by atoms with van der Waals surface area (Å²) in [6, 6.07) is 18.2. The van der Waals surface area contributed by atoms with Crippen LogP contribution >= 0.6 is 11.6 Å². The van der Waals surface area contributed by atoms with E-state index in [4.69, 9.17) is 17.3 Å². The normalized spacial score (nSPS) is 12.7. The zero-order chi connectivity index (χ0) is 21.0. The number of hydrogen-bond donors (Lipinski definition) is 1. The third kappa shape index (κ3) is 4.64. The molecule has 1 atom stereocenters. The van der Waals surface area contributed by atoms with Crippen molar-refractivity contribution >= 4 is 27.5 Å². The molecule has 0 aliphatic rings. The maximum atomic E-state index is 14.3. The smallest absolute Gasteiger partial charge is 0.244 e. The average molecular weight is 433 g/mol. The van der Waals surface area contributed by atoms with E-state index in [0.29, 0.717) is 10.6 Å². The Morgan fingerprint density at radius 1 is 0.966 bits per heavy atom. The lowest BCUT2D eigenvalue weighted by Gasteiger charge is -2.29. The van der Waals surface area contributed by atoms with Crippen molar-refractivity contribution in [2.45, 2.75) is 17.5 Å². The van der Waals surface area contributed by atoms with Gasteiger partial charge in [-0.2, -0.15) is 4.31 Å². The molecule has 0 aliphatic carbocycles. The molecule has 0 unspecified atom stereocenters. The van der Waals surface area contributed by atoms with Crippen molar-refractivity contribution in [1.82, 2.24) is 4.31 Å². The third-order valence-electron chi connectivity index (χ3n) is 4.38. The minimum absolute atomic E-state index is 0.0829. The number of amides is 1. The van der Waals surface area contributed by atoms with Crippen molar-refractivity contribution in [2.24, 2.45) is 5.73 Å². The van der Waals surface area contributed by atoms with Crippen LogP contribution in [0.15, 0.2) is 83.8 Å². The highest BCUT2D eigenvalue weighted by Gasteiger charge is 2.36. The Labute approximate surface area is 173 Å². The van der Waals surface area contributed by atoms with Gasteiger partial charge in [0.25, 0.3) is 0 Å². The fourth-order valence-corrected chi connectivity index (χ4v) is 4.65. The molecule has 29 heavy (non-hydrogen) atoms. The SMILES string of the molecule is NC(=O)[C@@H](c1ccccc1)N(Cc1ccccc1F)S(=O)(=O)c1ccc(Cl)cc1. The van der Waals surface area contributed by atoms with Gasteiger partial charge in [0.1, 0.15) is 11.9 Å². The summed E-state index contributed by atoms with van der Waals surface area (Å²) < 4.78 is 42.1. The van der Waals surface area contributed by atoms with Gasteiger partial charge in [0.2, 0.25) is 15.9 Å². The first-order valence-corrected chi connectivity index (χ1v) is 10.5. The van der Waals surface area contributed by atoms with E-state index in [1.54, 1.807) is 36.4 Å². The van der Waals surface area contributed by atoms with E-state index >= 15 is 0 Å². The zero-order valence-corrected chi connectivity index (χ0v) is 16.8. The molecule has 0 aromatic heterocycles. The van der Waals surface area contributed by atoms with Gasteiger partial charge < -0.3 is 5.73 Å². The van der Waals surface area contributed by atoms with Crippen molar-refractivity contribution in [1.29, 1.82) is 0 Å². The number of benzene rings is 3. The maximum Gasteiger partial charge on any atom is 0.244 e. The van der Waals surface area contributed by atoms with Crippen molar-refractivity contribution in [3.05, 3.63) is 101 Å². The number of nitrogens with two attached hydrogens (primary N) is 1. The number of sulfonamides is 1. The van der Waals surface area contributed by atoms with Crippen molar-refractivity contribution in [3.63, 3.8) is 0 Å². The predicted octanol–water partition coefficient (Wildman–Crippen LogP) is 3.90. The van der Waals surface area contributed by atoms with Crippen LogP contribution in [0.1, 0.15) is 17.2 Å². The van der Waals surface area contributed by atoms with E-state index in [1.807, 2.05) is 0 Å². The number of hydrogen-bond acceptors (Lipinski definition) is 3. The number of carbonyl (C=O) groups excluding carboxylic acids is 1. The fourth-order valence-electron chi connectivity index (χ4n) is 2.96. The molecule has 0 saturated carbocycles. The van der Waals surface area contributed by atoms with Crippen molar-refractivity contribution in [2.75, 3.05) is 0 Å². The zero-order valence-electron chi connectivity index (χ0n) is 15.2. The van der Waals surface area contributed by atoms with Gasteiger partial charge in [-0.25, -0.2) is 12.8 Å². The van der Waals surface area contributed by atoms with Gasteiger partial charge in [-0.05, 0) is 35.9 Å². The van der Waals surface area contributed by atoms with Crippen LogP contribution in [0.25, 0.3) is 0 Å². The lowest BCUT2D eigenvalue weighted by Crippen LogP contribution is -2.41. The van der Waals surface area contributed by atoms with Crippen LogP contribution in [0.2, 0.25) is 5.02 Å². The number of nitrogens with zero attached hydrogens (tertiary/aromatic N) is 1. The van der Waals surface area contributed by atoms with E-state index in [0.717, 1.165) is 4.31 Å². The molecule has 150 valence electrons. The Balaban J connectivity index is 2.16. The Bertz CT molecular complexity index is 1110. The van der Waals surface area contributed by atoms with Gasteiger partial charge in [-0.15, -0.1) is 0 Å². The molecule has 0 saturated heterocycles. The summed E-state index contributed by atoms with van der Waals surface area (Å²) in [5.41, 5.74) is 6.10. The molecule has 0 radical (unpaired) electrons. The van der Waals surface area contributed by atoms with E-state index in [-0.39, 0.29) is 17.0 Å². The summed E-state index contributed by atoms with van der Waals surface area (Å²) in [5.74, 6) is -1.45. The molecule has 0 heterocycles. The van der Waals surface area contributed by atoms with Gasteiger partial charge in [0, 0.05) is 17.1 Å². The molecule has 0 fully saturated rings. The second-order valence-corrected chi connectivity index (χ2v) is 8.64. The average Bonchev–Trinajstić information content (AvgIpc) is 2.70. The number of rotatable bonds is 7. The maximum absolute atomic E-state index is 14.3. The van der Waals surface area contributed by atoms with Gasteiger partial charge in [-0.3, -0.25) is 4.79 Å². The summed E-state index contributed by atoms with van der Waals surface area (Å²) in [6.45, 7) is -0.375. The molecule has 0 aliphatic heterocycles. The first kappa shape index (κ1) is 21.0. The Morgan fingerprint density at radius 3 is 2.14 bits per heavy atom. The molecule has 3 rings (SSSR count). The van der Waals surface area contributed by atoms with Gasteiger partial charge in [0.05, 0.1) is 4.90 Å². The monoisotopic (exact) mass is 432 g/mol. The first-order valence-electron chi connectivity index (χ1n) is 8.66. The molecule has 3 aromatic rings. The molecule has 3 aromatic carbocycles. The Morgan fingerprint density at radius 2 is 1.55 bits per heavy atom. The lowest BCUT2D eigenvalue weighted by atomic mass is 10.1. The van der Waals surface area contributed by atoms with Crippen molar-refractivity contribution in [3.8, 4) is 0 Å². The summed E-state index contributed by atoms with van der Waals surface area (Å²) in [4.78, 5) is 12.3. The van der Waals surface area contributed by atoms with Crippen LogP contribution in [-0.2, 0) is 21.4 Å². The minimum Gasteiger partial charge on any atom is -0.368 e. The lowest BCUT2D eigenvalue weighted by molar-refractivity contribution is -0.122. The minimum atomic E-state index is -4.22. The van der Waals surface area contributed by atoms with E-state index < -0.39 is 27.8 Å². The number of primary amides is 1. The summed E-state index contributed by atoms with van der Waals surface area (Å²) >= 11 is 5.87. The number of halogens is 2. The van der Waals surface area contributed by atoms with Crippen LogP contribution in [0.5, 0.6) is 0 Å². The molecule has 0 spiro atoms. The second kappa shape index (κ2) is 8.73. The number of carbonyl (C=O) groups is 1. The van der Waals surface area contributed by atoms with Gasteiger partial charge in [0.15, 0.2) is 0 Å². The van der Waals surface area contributed by atoms with E-state index in [1.165, 1.54) is 42.5 Å². The molecular weight excluding hydrogens is 415 g/mol. The summed E-state index contributed by atoms with van der Waals surface area (Å²) in [5, 5.41) is 0.360. The van der Waals surface area contributed by atoms with Crippen LogP contribution in [0.4, 0.5) is 4.39 Å². The van der Waals surface area contributed by atoms with Crippen LogP contribution in [0.3, 0.4) is 0 Å². The van der Waals surface area contributed by atoms with E-state index in [9.17, 15) is 17.6 Å². The van der Waals surface area contributed by atoms with Crippen LogP contribution in [0, 0.1) is 5.82 Å². The standard InChI is InChI=1S/C21H18ClFN2O3S/c22-17-10-12-18(13-11-17)29(27,28)25(14-16-8-4-5-9-19(16)23)20(21(24)26)15-6-2-1-3-7-15/h1-13,20H,14H2,(H2,24,26)/t20-/m1/s1. The fraction of sp³-hybridized carbons (Fsp3) is 0.0952. The summed E-state index contributed by atoms with van der Waals surface area (Å²) in [7, 11) is -4.22. The van der Waals surface area contributed by atoms with Gasteiger partial charge in [-0.1, -0.05) is 60.1 Å². The second-order valence-electron chi connectivity index (χ2n) is 6.31. The molecule has 5 nitrogen and oxygen atoms in total. The third-order valence-corrected chi connectivity index (χ3v) is 6.45. The first-order chi connectivity index (χ1) is 13.8. The molecular formula is C21H18ClFN2O3S. The Hall–Kier alpha value is -2.74. The molecule has 8 heteroatoms.